The summed E-state index contributed by atoms with van der Waals surface area (Å²) in [6, 6.07) is 0. The van der Waals surface area contributed by atoms with Crippen molar-refractivity contribution in [1.29, 1.82) is 0 Å². The molecule has 0 spiro atoms. The van der Waals surface area contributed by atoms with Gasteiger partial charge in [0, 0.05) is 44.2 Å². The maximum atomic E-state index is 5.49. The maximum absolute atomic E-state index is 5.49. The number of aliphatic imine (C=N–C) groups is 1. The van der Waals surface area contributed by atoms with Crippen LogP contribution in [0.25, 0.3) is 0 Å². The van der Waals surface area contributed by atoms with E-state index in [0.29, 0.717) is 6.61 Å². The van der Waals surface area contributed by atoms with Crippen LogP contribution in [0, 0.1) is 6.92 Å². The molecule has 1 aromatic heterocycles. The third kappa shape index (κ3) is 7.45. The molecule has 0 aliphatic rings. The van der Waals surface area contributed by atoms with Crippen molar-refractivity contribution in [3.05, 3.63) is 16.1 Å². The summed E-state index contributed by atoms with van der Waals surface area (Å²) >= 11 is 1.74. The molecule has 0 atom stereocenters. The number of guanidine groups is 1. The average Bonchev–Trinajstić information content (AvgIpc) is 2.86. The number of nitrogens with one attached hydrogen (secondary N) is 2. The molecule has 0 aliphatic carbocycles. The van der Waals surface area contributed by atoms with Crippen LogP contribution in [0.4, 0.5) is 0 Å². The molecule has 2 N–H and O–H groups in total. The highest BCUT2D eigenvalue weighted by Crippen LogP contribution is 2.10. The van der Waals surface area contributed by atoms with Crippen LogP contribution >= 0.6 is 11.3 Å². The van der Waals surface area contributed by atoms with Crippen molar-refractivity contribution >= 4 is 17.3 Å². The predicted molar refractivity (Wildman–Crippen MR) is 85.6 cm³/mol. The number of unbranched alkanes of at least 4 members (excludes halogenated alkanes) is 1. The molecule has 0 amide bonds. The van der Waals surface area contributed by atoms with Gasteiger partial charge in [-0.2, -0.15) is 0 Å². The second-order valence-electron chi connectivity index (χ2n) is 4.51. The van der Waals surface area contributed by atoms with Crippen molar-refractivity contribution < 1.29 is 4.74 Å². The minimum atomic E-state index is 0.715. The first-order valence-corrected chi connectivity index (χ1v) is 8.01. The maximum Gasteiger partial charge on any atom is 0.191 e. The fourth-order valence-electron chi connectivity index (χ4n) is 1.62. The topological polar surface area (TPSA) is 58.5 Å². The lowest BCUT2D eigenvalue weighted by atomic mass is 10.4. The monoisotopic (exact) mass is 298 g/mol. The molecule has 0 bridgehead atoms. The van der Waals surface area contributed by atoms with Crippen molar-refractivity contribution in [3.8, 4) is 0 Å². The summed E-state index contributed by atoms with van der Waals surface area (Å²) < 4.78 is 5.49. The highest BCUT2D eigenvalue weighted by molar-refractivity contribution is 7.11. The minimum absolute atomic E-state index is 0.715. The standard InChI is InChI=1S/C14H26N4OS/c1-4-5-9-19-10-8-17-14(15-3)16-7-6-13-18-11-12(2)20-13/h11H,4-10H2,1-3H3,(H2,15,16,17). The molecular weight excluding hydrogens is 272 g/mol. The Kier molecular flexibility index (Phi) is 8.98. The molecule has 20 heavy (non-hydrogen) atoms. The third-order valence-corrected chi connectivity index (χ3v) is 3.68. The number of rotatable bonds is 9. The van der Waals surface area contributed by atoms with Crippen molar-refractivity contribution in [3.63, 3.8) is 0 Å². The average molecular weight is 298 g/mol. The first-order chi connectivity index (χ1) is 9.76. The van der Waals surface area contributed by atoms with Gasteiger partial charge in [-0.05, 0) is 13.3 Å². The van der Waals surface area contributed by atoms with Gasteiger partial charge in [0.05, 0.1) is 11.6 Å². The van der Waals surface area contributed by atoms with Gasteiger partial charge >= 0.3 is 0 Å². The quantitative estimate of drug-likeness (QED) is 0.416. The van der Waals surface area contributed by atoms with Crippen LogP contribution in [0.1, 0.15) is 29.7 Å². The van der Waals surface area contributed by atoms with Crippen LogP contribution in [-0.2, 0) is 11.2 Å². The van der Waals surface area contributed by atoms with Gasteiger partial charge in [0.2, 0.25) is 0 Å². The number of thiazole rings is 1. The normalized spacial score (nSPS) is 11.7. The lowest BCUT2D eigenvalue weighted by molar-refractivity contribution is 0.136. The Morgan fingerprint density at radius 2 is 2.15 bits per heavy atom. The Balaban J connectivity index is 2.07. The summed E-state index contributed by atoms with van der Waals surface area (Å²) in [6.07, 6.45) is 5.14. The predicted octanol–water partition coefficient (Wildman–Crippen LogP) is 1.98. The van der Waals surface area contributed by atoms with Crippen molar-refractivity contribution in [2.45, 2.75) is 33.1 Å². The third-order valence-electron chi connectivity index (χ3n) is 2.71. The van der Waals surface area contributed by atoms with Crippen LogP contribution in [0.15, 0.2) is 11.2 Å². The van der Waals surface area contributed by atoms with Crippen molar-refractivity contribution in [2.24, 2.45) is 4.99 Å². The van der Waals surface area contributed by atoms with Gasteiger partial charge in [-0.1, -0.05) is 13.3 Å². The van der Waals surface area contributed by atoms with Crippen LogP contribution in [0.3, 0.4) is 0 Å². The Hall–Kier alpha value is -1.14. The fourth-order valence-corrected chi connectivity index (χ4v) is 2.40. The van der Waals surface area contributed by atoms with Crippen LogP contribution < -0.4 is 10.6 Å². The zero-order valence-corrected chi connectivity index (χ0v) is 13.6. The summed E-state index contributed by atoms with van der Waals surface area (Å²) in [5.41, 5.74) is 0. The van der Waals surface area contributed by atoms with E-state index in [1.54, 1.807) is 18.4 Å². The summed E-state index contributed by atoms with van der Waals surface area (Å²) in [5, 5.41) is 7.67. The van der Waals surface area contributed by atoms with E-state index in [9.17, 15) is 0 Å². The molecule has 5 nitrogen and oxygen atoms in total. The van der Waals surface area contributed by atoms with Gasteiger partial charge < -0.3 is 15.4 Å². The van der Waals surface area contributed by atoms with Gasteiger partial charge in [-0.25, -0.2) is 4.98 Å². The van der Waals surface area contributed by atoms with E-state index >= 15 is 0 Å². The first kappa shape index (κ1) is 16.9. The van der Waals surface area contributed by atoms with Gasteiger partial charge in [-0.15, -0.1) is 11.3 Å². The minimum Gasteiger partial charge on any atom is -0.380 e. The Bertz CT molecular complexity index is 392. The zero-order chi connectivity index (χ0) is 14.6. The molecule has 1 heterocycles. The Morgan fingerprint density at radius 1 is 1.35 bits per heavy atom. The highest BCUT2D eigenvalue weighted by atomic mass is 32.1. The molecule has 0 unspecified atom stereocenters. The molecule has 1 rings (SSSR count). The van der Waals surface area contributed by atoms with E-state index in [-0.39, 0.29) is 0 Å². The number of aryl methyl sites for hydroxylation is 1. The molecule has 0 saturated carbocycles. The molecular formula is C14H26N4OS. The van der Waals surface area contributed by atoms with E-state index in [0.717, 1.165) is 43.5 Å². The molecule has 0 saturated heterocycles. The number of aromatic nitrogens is 1. The lowest BCUT2D eigenvalue weighted by Crippen LogP contribution is -2.39. The second-order valence-corrected chi connectivity index (χ2v) is 5.83. The highest BCUT2D eigenvalue weighted by Gasteiger charge is 2.00. The smallest absolute Gasteiger partial charge is 0.191 e. The molecule has 1 aromatic rings. The van der Waals surface area contributed by atoms with Gasteiger partial charge in [0.1, 0.15) is 0 Å². The zero-order valence-electron chi connectivity index (χ0n) is 12.7. The molecule has 114 valence electrons. The molecule has 0 aromatic carbocycles. The first-order valence-electron chi connectivity index (χ1n) is 7.19. The van der Waals surface area contributed by atoms with Gasteiger partial charge in [0.15, 0.2) is 5.96 Å². The number of ether oxygens (including phenoxy) is 1. The molecule has 0 radical (unpaired) electrons. The van der Waals surface area contributed by atoms with E-state index < -0.39 is 0 Å². The Labute approximate surface area is 125 Å². The van der Waals surface area contributed by atoms with E-state index in [4.69, 9.17) is 4.74 Å². The number of hydrogen-bond acceptors (Lipinski definition) is 4. The summed E-state index contributed by atoms with van der Waals surface area (Å²) in [4.78, 5) is 9.78. The molecule has 6 heteroatoms. The number of hydrogen-bond donors (Lipinski definition) is 2. The second kappa shape index (κ2) is 10.6. The summed E-state index contributed by atoms with van der Waals surface area (Å²) in [7, 11) is 1.78. The van der Waals surface area contributed by atoms with E-state index in [2.05, 4.69) is 34.5 Å². The van der Waals surface area contributed by atoms with Crippen LogP contribution in [0.5, 0.6) is 0 Å². The fraction of sp³-hybridized carbons (Fsp3) is 0.714. The van der Waals surface area contributed by atoms with Gasteiger partial charge in [0.25, 0.3) is 0 Å². The summed E-state index contributed by atoms with van der Waals surface area (Å²) in [6.45, 7) is 7.41. The van der Waals surface area contributed by atoms with Gasteiger partial charge in [-0.3, -0.25) is 4.99 Å². The SMILES string of the molecule is CCCCOCCNC(=NC)NCCc1ncc(C)s1. The van der Waals surface area contributed by atoms with Crippen molar-refractivity contribution in [1.82, 2.24) is 15.6 Å². The largest absolute Gasteiger partial charge is 0.380 e. The van der Waals surface area contributed by atoms with Crippen LogP contribution in [0.2, 0.25) is 0 Å². The Morgan fingerprint density at radius 3 is 2.80 bits per heavy atom. The number of nitrogens with zero attached hydrogens (tertiary/aromatic N) is 2. The summed E-state index contributed by atoms with van der Waals surface area (Å²) in [5.74, 6) is 0.817. The van der Waals surface area contributed by atoms with Crippen LogP contribution in [-0.4, -0.2) is 44.3 Å². The van der Waals surface area contributed by atoms with E-state index in [1.165, 1.54) is 11.3 Å². The van der Waals surface area contributed by atoms with Crippen molar-refractivity contribution in [2.75, 3.05) is 33.4 Å². The van der Waals surface area contributed by atoms with E-state index in [1.807, 2.05) is 6.20 Å². The lowest BCUT2D eigenvalue weighted by Gasteiger charge is -2.11. The molecule has 0 fully saturated rings. The molecule has 0 aliphatic heterocycles.